The Bertz CT molecular complexity index is 1700. The highest BCUT2D eigenvalue weighted by Gasteiger charge is 2.30. The number of carbonyl (C=O) groups excluding carboxylic acids is 1. The van der Waals surface area contributed by atoms with E-state index in [0.717, 1.165) is 69.0 Å². The number of pyridine rings is 1. The maximum atomic E-state index is 14.4. The molecule has 0 unspecified atom stereocenters. The molecule has 5 nitrogen and oxygen atoms in total. The fraction of sp³-hybridized carbons (Fsp3) is 0.371. The first-order chi connectivity index (χ1) is 22.1. The highest BCUT2D eigenvalue weighted by molar-refractivity contribution is 7.98. The van der Waals surface area contributed by atoms with Crippen LogP contribution in [0.25, 0.3) is 10.9 Å². The van der Waals surface area contributed by atoms with Gasteiger partial charge in [0.25, 0.3) is 0 Å². The summed E-state index contributed by atoms with van der Waals surface area (Å²) in [6.07, 6.45) is 0.226. The number of para-hydroxylation sites is 1. The number of benzene rings is 3. The Balaban J connectivity index is 1.30. The van der Waals surface area contributed by atoms with E-state index in [4.69, 9.17) is 0 Å². The number of fused-ring (bicyclic) bond motifs is 1. The minimum absolute atomic E-state index is 0.0236. The molecule has 46 heavy (non-hydrogen) atoms. The third-order valence-corrected chi connectivity index (χ3v) is 9.49. The fourth-order valence-electron chi connectivity index (χ4n) is 5.90. The Hall–Kier alpha value is -3.70. The zero-order valence-corrected chi connectivity index (χ0v) is 26.1. The third kappa shape index (κ3) is 8.36. The molecule has 1 aliphatic heterocycles. The Labute approximate surface area is 268 Å². The molecule has 0 atom stereocenters. The number of hydrogen-bond donors (Lipinski definition) is 1. The van der Waals surface area contributed by atoms with Crippen molar-refractivity contribution in [3.05, 3.63) is 111 Å². The first kappa shape index (κ1) is 33.7. The number of carbonyl (C=O) groups is 1. The van der Waals surface area contributed by atoms with Gasteiger partial charge in [-0.15, -0.1) is 11.8 Å². The number of unbranched alkanes of at least 4 members (excludes halogenated alkanes) is 2. The van der Waals surface area contributed by atoms with Gasteiger partial charge < -0.3 is 14.8 Å². The van der Waals surface area contributed by atoms with Crippen LogP contribution in [-0.4, -0.2) is 41.1 Å². The van der Waals surface area contributed by atoms with E-state index >= 15 is 0 Å². The molecule has 1 aromatic heterocycles. The molecule has 5 rings (SSSR count). The summed E-state index contributed by atoms with van der Waals surface area (Å²) in [6, 6.07) is 17.8. The van der Waals surface area contributed by atoms with Gasteiger partial charge in [-0.05, 0) is 81.1 Å². The van der Waals surface area contributed by atoms with Gasteiger partial charge in [0.15, 0.2) is 17.1 Å². The van der Waals surface area contributed by atoms with Gasteiger partial charge in [-0.1, -0.05) is 42.8 Å². The Morgan fingerprint density at radius 2 is 1.67 bits per heavy atom. The van der Waals surface area contributed by atoms with Gasteiger partial charge in [0.2, 0.25) is 5.91 Å². The zero-order valence-electron chi connectivity index (χ0n) is 25.3. The van der Waals surface area contributed by atoms with E-state index < -0.39 is 23.4 Å². The highest BCUT2D eigenvalue weighted by atomic mass is 32.2. The lowest BCUT2D eigenvalue weighted by atomic mass is 10.0. The summed E-state index contributed by atoms with van der Waals surface area (Å²) < 4.78 is 68.7. The fourth-order valence-corrected chi connectivity index (χ4v) is 6.94. The van der Waals surface area contributed by atoms with E-state index in [2.05, 4.69) is 5.32 Å². The number of thioether (sulfide) groups is 1. The molecule has 2 heterocycles. The van der Waals surface area contributed by atoms with Crippen molar-refractivity contribution in [2.75, 3.05) is 19.6 Å². The summed E-state index contributed by atoms with van der Waals surface area (Å²) in [5.41, 5.74) is 0.714. The van der Waals surface area contributed by atoms with Gasteiger partial charge in [-0.25, -0.2) is 8.78 Å². The number of amides is 1. The molecule has 3 aromatic carbocycles. The lowest BCUT2D eigenvalue weighted by Crippen LogP contribution is -2.47. The van der Waals surface area contributed by atoms with E-state index in [1.165, 1.54) is 42.1 Å². The van der Waals surface area contributed by atoms with Crippen LogP contribution in [0.1, 0.15) is 48.8 Å². The average molecular weight is 658 g/mol. The molecule has 11 heteroatoms. The second kappa shape index (κ2) is 15.3. The minimum atomic E-state index is -4.36. The van der Waals surface area contributed by atoms with Crippen molar-refractivity contribution in [3.63, 3.8) is 0 Å². The number of aryl methyl sites for hydroxylation is 1. The van der Waals surface area contributed by atoms with Crippen molar-refractivity contribution >= 4 is 28.6 Å². The quantitative estimate of drug-likeness (QED) is 0.0970. The smallest absolute Gasteiger partial charge is 0.338 e. The predicted octanol–water partition coefficient (Wildman–Crippen LogP) is 7.58. The van der Waals surface area contributed by atoms with Crippen LogP contribution in [0, 0.1) is 11.6 Å². The summed E-state index contributed by atoms with van der Waals surface area (Å²) >= 11 is 1.18. The number of hydrogen-bond acceptors (Lipinski definition) is 4. The van der Waals surface area contributed by atoms with E-state index in [-0.39, 0.29) is 35.2 Å². The number of nitrogens with zero attached hydrogens (tertiary/aromatic N) is 2. The van der Waals surface area contributed by atoms with Crippen molar-refractivity contribution in [2.24, 2.45) is 0 Å². The molecule has 1 saturated heterocycles. The molecule has 0 saturated carbocycles. The lowest BCUT2D eigenvalue weighted by molar-refractivity contribution is -0.137. The Kier molecular flexibility index (Phi) is 11.2. The molecule has 4 aromatic rings. The van der Waals surface area contributed by atoms with Crippen molar-refractivity contribution in [3.8, 4) is 0 Å². The largest absolute Gasteiger partial charge is 0.416 e. The van der Waals surface area contributed by atoms with Gasteiger partial charge >= 0.3 is 6.18 Å². The minimum Gasteiger partial charge on any atom is -0.338 e. The second-order valence-electron chi connectivity index (χ2n) is 11.5. The summed E-state index contributed by atoms with van der Waals surface area (Å²) in [5.74, 6) is -1.90. The van der Waals surface area contributed by atoms with E-state index in [9.17, 15) is 31.5 Å². The Morgan fingerprint density at radius 3 is 2.41 bits per heavy atom. The normalized spacial score (nSPS) is 14.1. The number of nitrogens with one attached hydrogen (secondary N) is 1. The van der Waals surface area contributed by atoms with Crippen LogP contribution in [-0.2, 0) is 29.7 Å². The first-order valence-electron chi connectivity index (χ1n) is 15.5. The van der Waals surface area contributed by atoms with Crippen molar-refractivity contribution in [1.82, 2.24) is 14.8 Å². The number of alkyl halides is 3. The predicted molar refractivity (Wildman–Crippen MR) is 171 cm³/mol. The number of aromatic nitrogens is 1. The van der Waals surface area contributed by atoms with Gasteiger partial charge in [0, 0.05) is 35.4 Å². The standard InChI is InChI=1S/C35H36F5N3O2S/c36-29-10-6-8-25(34(29)37)23-46-33-21-31(44)28-9-3-4-11-30(28)43(33)22-32(45)42(27-16-18-41-19-17-27)20-5-1-2-7-24-12-14-26(15-13-24)35(38,39)40/h3-4,6,8-15,21,27,41H,1-2,5,7,16-20,22-23H2. The maximum absolute atomic E-state index is 14.4. The van der Waals surface area contributed by atoms with Gasteiger partial charge in [-0.3, -0.25) is 9.59 Å². The molecule has 1 N–H and O–H groups in total. The van der Waals surface area contributed by atoms with Gasteiger partial charge in [0.05, 0.1) is 16.1 Å². The molecule has 1 fully saturated rings. The zero-order chi connectivity index (χ0) is 32.7. The van der Waals surface area contributed by atoms with E-state index in [0.29, 0.717) is 28.9 Å². The van der Waals surface area contributed by atoms with Crippen LogP contribution in [0.4, 0.5) is 22.0 Å². The van der Waals surface area contributed by atoms with Crippen LogP contribution in [0.15, 0.2) is 82.6 Å². The van der Waals surface area contributed by atoms with Crippen LogP contribution < -0.4 is 10.7 Å². The second-order valence-corrected chi connectivity index (χ2v) is 12.5. The molecule has 0 aliphatic carbocycles. The summed E-state index contributed by atoms with van der Waals surface area (Å²) in [4.78, 5) is 29.0. The summed E-state index contributed by atoms with van der Waals surface area (Å²) in [7, 11) is 0. The number of rotatable bonds is 12. The molecule has 0 spiro atoms. The van der Waals surface area contributed by atoms with Crippen LogP contribution >= 0.6 is 11.8 Å². The van der Waals surface area contributed by atoms with Crippen molar-refractivity contribution in [2.45, 2.75) is 68.1 Å². The topological polar surface area (TPSA) is 54.3 Å². The monoisotopic (exact) mass is 657 g/mol. The van der Waals surface area contributed by atoms with Crippen LogP contribution in [0.3, 0.4) is 0 Å². The molecule has 244 valence electrons. The summed E-state index contributed by atoms with van der Waals surface area (Å²) in [6.45, 7) is 2.10. The Morgan fingerprint density at radius 1 is 0.935 bits per heavy atom. The molecule has 1 amide bonds. The molecule has 0 bridgehead atoms. The molecule has 1 aliphatic rings. The van der Waals surface area contributed by atoms with E-state index in [1.807, 2.05) is 4.90 Å². The number of piperidine rings is 1. The lowest BCUT2D eigenvalue weighted by Gasteiger charge is -2.35. The van der Waals surface area contributed by atoms with E-state index in [1.54, 1.807) is 28.8 Å². The van der Waals surface area contributed by atoms with Gasteiger partial charge in [0.1, 0.15) is 6.54 Å². The van der Waals surface area contributed by atoms with Gasteiger partial charge in [-0.2, -0.15) is 13.2 Å². The van der Waals surface area contributed by atoms with Crippen LogP contribution in [0.2, 0.25) is 0 Å². The molecular formula is C35H36F5N3O2S. The SMILES string of the molecule is O=C(Cn1c(SCc2cccc(F)c2F)cc(=O)c2ccccc21)N(CCCCCc1ccc(C(F)(F)F)cc1)C1CCNCC1. The molecular weight excluding hydrogens is 621 g/mol. The maximum Gasteiger partial charge on any atom is 0.416 e. The third-order valence-electron chi connectivity index (χ3n) is 8.40. The van der Waals surface area contributed by atoms with Crippen molar-refractivity contribution < 1.29 is 26.7 Å². The highest BCUT2D eigenvalue weighted by Crippen LogP contribution is 2.30. The average Bonchev–Trinajstić information content (AvgIpc) is 3.05. The number of halogens is 5. The molecule has 0 radical (unpaired) electrons. The first-order valence-corrected chi connectivity index (χ1v) is 16.4. The van der Waals surface area contributed by atoms with Crippen LogP contribution in [0.5, 0.6) is 0 Å². The summed E-state index contributed by atoms with van der Waals surface area (Å²) in [5, 5.41) is 4.29. The van der Waals surface area contributed by atoms with Crippen molar-refractivity contribution in [1.29, 1.82) is 0 Å².